The van der Waals surface area contributed by atoms with Gasteiger partial charge < -0.3 is 10.6 Å². The van der Waals surface area contributed by atoms with Crippen LogP contribution in [0.1, 0.15) is 25.0 Å². The molecule has 1 aliphatic rings. The molecule has 0 saturated heterocycles. The second kappa shape index (κ2) is 4.09. The van der Waals surface area contributed by atoms with Crippen LogP contribution in [-0.4, -0.2) is 18.1 Å². The minimum Gasteiger partial charge on any atom is -0.396 e. The number of rotatable bonds is 2. The molecular weight excluding hydrogens is 231 g/mol. The fraction of sp³-hybridized carbons (Fsp3) is 0.545. The van der Waals surface area contributed by atoms with Gasteiger partial charge in [-0.2, -0.15) is 13.2 Å². The van der Waals surface area contributed by atoms with Crippen molar-refractivity contribution in [2.75, 3.05) is 17.7 Å². The number of anilines is 2. The van der Waals surface area contributed by atoms with Crippen molar-refractivity contribution in [2.24, 2.45) is 0 Å². The molecule has 1 aromatic heterocycles. The molecule has 0 aliphatic heterocycles. The monoisotopic (exact) mass is 245 g/mol. The molecule has 0 unspecified atom stereocenters. The van der Waals surface area contributed by atoms with Gasteiger partial charge in [0.2, 0.25) is 0 Å². The zero-order chi connectivity index (χ0) is 12.6. The average Bonchev–Trinajstić information content (AvgIpc) is 2.13. The Morgan fingerprint density at radius 3 is 2.53 bits per heavy atom. The fourth-order valence-corrected chi connectivity index (χ4v) is 1.89. The van der Waals surface area contributed by atoms with Gasteiger partial charge >= 0.3 is 6.18 Å². The van der Waals surface area contributed by atoms with Gasteiger partial charge in [-0.05, 0) is 25.3 Å². The summed E-state index contributed by atoms with van der Waals surface area (Å²) in [6.07, 6.45) is -0.235. The fourth-order valence-electron chi connectivity index (χ4n) is 1.89. The molecule has 2 N–H and O–H groups in total. The lowest BCUT2D eigenvalue weighted by molar-refractivity contribution is -0.141. The van der Waals surface area contributed by atoms with Crippen LogP contribution in [0.5, 0.6) is 0 Å². The summed E-state index contributed by atoms with van der Waals surface area (Å²) >= 11 is 0. The Morgan fingerprint density at radius 1 is 1.41 bits per heavy atom. The van der Waals surface area contributed by atoms with Gasteiger partial charge in [0.1, 0.15) is 5.69 Å². The standard InChI is InChI=1S/C11H14F3N3/c1-17(7-3-2-4-7)9-5-10(11(12,13)14)16-6-8(9)15/h5-7H,2-4,15H2,1H3. The number of nitrogens with two attached hydrogens (primary N) is 1. The molecule has 0 bridgehead atoms. The smallest absolute Gasteiger partial charge is 0.396 e. The first-order chi connectivity index (χ1) is 7.89. The molecule has 0 amide bonds. The predicted molar refractivity (Wildman–Crippen MR) is 59.7 cm³/mol. The molecule has 1 heterocycles. The lowest BCUT2D eigenvalue weighted by Crippen LogP contribution is -2.37. The minimum atomic E-state index is -4.43. The van der Waals surface area contributed by atoms with Crippen molar-refractivity contribution in [1.82, 2.24) is 4.98 Å². The molecule has 17 heavy (non-hydrogen) atoms. The quantitative estimate of drug-likeness (QED) is 0.871. The van der Waals surface area contributed by atoms with E-state index in [1.165, 1.54) is 0 Å². The molecule has 1 aromatic rings. The van der Waals surface area contributed by atoms with Crippen molar-refractivity contribution in [3.8, 4) is 0 Å². The van der Waals surface area contributed by atoms with Crippen molar-refractivity contribution in [2.45, 2.75) is 31.5 Å². The summed E-state index contributed by atoms with van der Waals surface area (Å²) in [5.41, 5.74) is 5.48. The summed E-state index contributed by atoms with van der Waals surface area (Å²) in [6, 6.07) is 1.31. The number of halogens is 3. The van der Waals surface area contributed by atoms with E-state index in [-0.39, 0.29) is 5.69 Å². The van der Waals surface area contributed by atoms with E-state index in [0.29, 0.717) is 11.7 Å². The minimum absolute atomic E-state index is 0.285. The van der Waals surface area contributed by atoms with Crippen molar-refractivity contribution >= 4 is 11.4 Å². The van der Waals surface area contributed by atoms with Crippen LogP contribution in [0.3, 0.4) is 0 Å². The van der Waals surface area contributed by atoms with Gasteiger partial charge in [0.25, 0.3) is 0 Å². The average molecular weight is 245 g/mol. The second-order valence-corrected chi connectivity index (χ2v) is 4.32. The van der Waals surface area contributed by atoms with Crippen molar-refractivity contribution in [1.29, 1.82) is 0 Å². The van der Waals surface area contributed by atoms with Gasteiger partial charge in [-0.15, -0.1) is 0 Å². The maximum atomic E-state index is 12.5. The Bertz CT molecular complexity index is 413. The SMILES string of the molecule is CN(c1cc(C(F)(F)F)ncc1N)C1CCC1. The highest BCUT2D eigenvalue weighted by Crippen LogP contribution is 2.35. The van der Waals surface area contributed by atoms with Crippen LogP contribution in [-0.2, 0) is 6.18 Å². The number of aromatic nitrogens is 1. The molecule has 1 fully saturated rings. The van der Waals surface area contributed by atoms with Gasteiger partial charge in [0.05, 0.1) is 17.6 Å². The van der Waals surface area contributed by atoms with Crippen molar-refractivity contribution < 1.29 is 13.2 Å². The summed E-state index contributed by atoms with van der Waals surface area (Å²) in [6.45, 7) is 0. The molecule has 0 atom stereocenters. The Balaban J connectivity index is 2.31. The molecule has 0 spiro atoms. The third kappa shape index (κ3) is 2.30. The third-order valence-corrected chi connectivity index (χ3v) is 3.20. The maximum absolute atomic E-state index is 12.5. The number of alkyl halides is 3. The molecule has 1 aliphatic carbocycles. The number of hydrogen-bond acceptors (Lipinski definition) is 3. The Labute approximate surface area is 97.4 Å². The van der Waals surface area contributed by atoms with Gasteiger partial charge in [0, 0.05) is 13.1 Å². The first kappa shape index (κ1) is 12.0. The normalized spacial score (nSPS) is 16.7. The number of pyridine rings is 1. The van der Waals surface area contributed by atoms with Gasteiger partial charge in [-0.25, -0.2) is 4.98 Å². The van der Waals surface area contributed by atoms with Crippen LogP contribution in [0.2, 0.25) is 0 Å². The number of nitrogen functional groups attached to an aromatic ring is 1. The van der Waals surface area contributed by atoms with Crippen LogP contribution < -0.4 is 10.6 Å². The van der Waals surface area contributed by atoms with Gasteiger partial charge in [0.15, 0.2) is 0 Å². The predicted octanol–water partition coefficient (Wildman–Crippen LogP) is 2.67. The number of hydrogen-bond donors (Lipinski definition) is 1. The highest BCUT2D eigenvalue weighted by molar-refractivity contribution is 5.67. The van der Waals surface area contributed by atoms with Gasteiger partial charge in [-0.1, -0.05) is 0 Å². The first-order valence-corrected chi connectivity index (χ1v) is 5.45. The lowest BCUT2D eigenvalue weighted by Gasteiger charge is -2.37. The summed E-state index contributed by atoms with van der Waals surface area (Å²) < 4.78 is 37.6. The van der Waals surface area contributed by atoms with Crippen LogP contribution in [0.15, 0.2) is 12.3 Å². The molecule has 0 radical (unpaired) electrons. The summed E-state index contributed by atoms with van der Waals surface area (Å²) in [7, 11) is 1.77. The zero-order valence-corrected chi connectivity index (χ0v) is 9.46. The highest BCUT2D eigenvalue weighted by atomic mass is 19.4. The van der Waals surface area contributed by atoms with Crippen molar-refractivity contribution in [3.05, 3.63) is 18.0 Å². The summed E-state index contributed by atoms with van der Waals surface area (Å²) in [5, 5.41) is 0. The summed E-state index contributed by atoms with van der Waals surface area (Å²) in [5.74, 6) is 0. The van der Waals surface area contributed by atoms with E-state index in [2.05, 4.69) is 4.98 Å². The first-order valence-electron chi connectivity index (χ1n) is 5.45. The second-order valence-electron chi connectivity index (χ2n) is 4.32. The Morgan fingerprint density at radius 2 is 2.06 bits per heavy atom. The molecule has 6 heteroatoms. The van der Waals surface area contributed by atoms with E-state index in [9.17, 15) is 13.2 Å². The van der Waals surface area contributed by atoms with Crippen molar-refractivity contribution in [3.63, 3.8) is 0 Å². The maximum Gasteiger partial charge on any atom is 0.433 e. The highest BCUT2D eigenvalue weighted by Gasteiger charge is 2.34. The van der Waals surface area contributed by atoms with Crippen LogP contribution in [0.4, 0.5) is 24.5 Å². The van der Waals surface area contributed by atoms with Crippen LogP contribution in [0, 0.1) is 0 Å². The van der Waals surface area contributed by atoms with E-state index in [1.54, 1.807) is 7.05 Å². The van der Waals surface area contributed by atoms with Crippen LogP contribution >= 0.6 is 0 Å². The molecule has 0 aromatic carbocycles. The largest absolute Gasteiger partial charge is 0.433 e. The van der Waals surface area contributed by atoms with E-state index >= 15 is 0 Å². The lowest BCUT2D eigenvalue weighted by atomic mass is 9.91. The van der Waals surface area contributed by atoms with E-state index in [1.807, 2.05) is 4.90 Å². The molecular formula is C11H14F3N3. The molecule has 1 saturated carbocycles. The summed E-state index contributed by atoms with van der Waals surface area (Å²) in [4.78, 5) is 5.13. The third-order valence-electron chi connectivity index (χ3n) is 3.20. The molecule has 94 valence electrons. The van der Waals surface area contributed by atoms with Gasteiger partial charge in [-0.3, -0.25) is 0 Å². The van der Waals surface area contributed by atoms with E-state index < -0.39 is 11.9 Å². The van der Waals surface area contributed by atoms with Crippen LogP contribution in [0.25, 0.3) is 0 Å². The zero-order valence-electron chi connectivity index (χ0n) is 9.46. The Hall–Kier alpha value is -1.46. The van der Waals surface area contributed by atoms with E-state index in [0.717, 1.165) is 31.5 Å². The Kier molecular flexibility index (Phi) is 2.89. The van der Waals surface area contributed by atoms with E-state index in [4.69, 9.17) is 5.73 Å². The molecule has 3 nitrogen and oxygen atoms in total. The number of nitrogens with zero attached hydrogens (tertiary/aromatic N) is 2. The topological polar surface area (TPSA) is 42.2 Å². The molecule has 2 rings (SSSR count).